The highest BCUT2D eigenvalue weighted by atomic mass is 16.2. The maximum Gasteiger partial charge on any atom is 0.258 e. The summed E-state index contributed by atoms with van der Waals surface area (Å²) in [7, 11) is 0. The molecule has 31 heavy (non-hydrogen) atoms. The van der Waals surface area contributed by atoms with E-state index in [1.54, 1.807) is 0 Å². The second-order valence-corrected chi connectivity index (χ2v) is 10.6. The van der Waals surface area contributed by atoms with E-state index in [9.17, 15) is 4.79 Å². The van der Waals surface area contributed by atoms with Crippen molar-refractivity contribution in [1.29, 1.82) is 0 Å². The van der Waals surface area contributed by atoms with Crippen LogP contribution >= 0.6 is 0 Å². The fraction of sp³-hybridized carbons (Fsp3) is 0.538. The van der Waals surface area contributed by atoms with Crippen molar-refractivity contribution in [3.63, 3.8) is 0 Å². The molecular formula is C26H32N4O. The molecule has 5 aliphatic rings. The van der Waals surface area contributed by atoms with E-state index in [1.165, 1.54) is 43.9 Å². The summed E-state index contributed by atoms with van der Waals surface area (Å²) in [6.07, 6.45) is 9.27. The van der Waals surface area contributed by atoms with Crippen molar-refractivity contribution in [2.75, 3.05) is 0 Å². The van der Waals surface area contributed by atoms with Crippen LogP contribution in [0.15, 0.2) is 47.6 Å². The molecule has 1 saturated heterocycles. The first kappa shape index (κ1) is 19.4. The number of benzene rings is 2. The van der Waals surface area contributed by atoms with E-state index in [4.69, 9.17) is 0 Å². The maximum absolute atomic E-state index is 12.9. The van der Waals surface area contributed by atoms with Crippen LogP contribution in [-0.4, -0.2) is 23.7 Å². The van der Waals surface area contributed by atoms with Crippen molar-refractivity contribution in [3.05, 3.63) is 48.0 Å². The van der Waals surface area contributed by atoms with Crippen LogP contribution < -0.4 is 16.3 Å². The predicted octanol–water partition coefficient (Wildman–Crippen LogP) is 4.13. The molecule has 5 fully saturated rings. The molecule has 1 amide bonds. The normalized spacial score (nSPS) is 36.8. The lowest BCUT2D eigenvalue weighted by Crippen LogP contribution is -2.55. The summed E-state index contributed by atoms with van der Waals surface area (Å²) >= 11 is 0. The summed E-state index contributed by atoms with van der Waals surface area (Å²) in [6.45, 7) is 1.96. The number of hydrazine groups is 1. The predicted molar refractivity (Wildman–Crippen MR) is 123 cm³/mol. The molecule has 0 aromatic heterocycles. The number of nitrogens with zero attached hydrogens (tertiary/aromatic N) is 1. The summed E-state index contributed by atoms with van der Waals surface area (Å²) in [5.41, 5.74) is 11.9. The van der Waals surface area contributed by atoms with Crippen LogP contribution in [0.2, 0.25) is 0 Å². The summed E-state index contributed by atoms with van der Waals surface area (Å²) < 4.78 is 0. The first-order valence-electron chi connectivity index (χ1n) is 11.9. The molecule has 2 atom stereocenters. The van der Waals surface area contributed by atoms with Crippen LogP contribution in [0.4, 0.5) is 0 Å². The Balaban J connectivity index is 1.13. The van der Waals surface area contributed by atoms with Gasteiger partial charge in [0.15, 0.2) is 0 Å². The van der Waals surface area contributed by atoms with E-state index in [1.807, 2.05) is 25.1 Å². The maximum atomic E-state index is 12.9. The lowest BCUT2D eigenvalue weighted by atomic mass is 9.47. The SMILES string of the molecule is C/C(=N\NC(=O)C1CC(C23CC4CC(CC(C4)C2)C3)NN1)c1cccc2ccccc12. The highest BCUT2D eigenvalue weighted by Crippen LogP contribution is 2.61. The minimum Gasteiger partial charge on any atom is -0.271 e. The lowest BCUT2D eigenvalue weighted by molar-refractivity contribution is -0.123. The Kier molecular flexibility index (Phi) is 4.65. The Bertz CT molecular complexity index is 1000. The van der Waals surface area contributed by atoms with E-state index < -0.39 is 0 Å². The van der Waals surface area contributed by atoms with Gasteiger partial charge in [0.25, 0.3) is 5.91 Å². The van der Waals surface area contributed by atoms with E-state index in [2.05, 4.69) is 45.6 Å². The van der Waals surface area contributed by atoms with E-state index in [0.29, 0.717) is 11.5 Å². The van der Waals surface area contributed by atoms with Crippen LogP contribution in [0.25, 0.3) is 10.8 Å². The van der Waals surface area contributed by atoms with Crippen molar-refractivity contribution < 1.29 is 4.79 Å². The highest BCUT2D eigenvalue weighted by molar-refractivity contribution is 6.10. The smallest absolute Gasteiger partial charge is 0.258 e. The minimum absolute atomic E-state index is 0.0423. The Labute approximate surface area is 184 Å². The second kappa shape index (κ2) is 7.42. The first-order valence-corrected chi connectivity index (χ1v) is 11.9. The molecule has 2 unspecified atom stereocenters. The van der Waals surface area contributed by atoms with Gasteiger partial charge in [-0.25, -0.2) is 10.9 Å². The monoisotopic (exact) mass is 416 g/mol. The third kappa shape index (κ3) is 3.39. The van der Waals surface area contributed by atoms with Crippen molar-refractivity contribution in [3.8, 4) is 0 Å². The van der Waals surface area contributed by atoms with Gasteiger partial charge in [-0.15, -0.1) is 0 Å². The molecule has 1 heterocycles. The zero-order valence-electron chi connectivity index (χ0n) is 18.2. The first-order chi connectivity index (χ1) is 15.1. The molecule has 4 aliphatic carbocycles. The number of hydrogen-bond acceptors (Lipinski definition) is 4. The number of rotatable bonds is 4. The topological polar surface area (TPSA) is 65.5 Å². The molecule has 1 aliphatic heterocycles. The van der Waals surface area contributed by atoms with Crippen molar-refractivity contribution in [2.45, 2.75) is 64.0 Å². The van der Waals surface area contributed by atoms with Gasteiger partial charge in [0, 0.05) is 11.6 Å². The van der Waals surface area contributed by atoms with Gasteiger partial charge >= 0.3 is 0 Å². The average Bonchev–Trinajstić information content (AvgIpc) is 3.27. The van der Waals surface area contributed by atoms with E-state index in [-0.39, 0.29) is 11.9 Å². The molecule has 7 rings (SSSR count). The molecular weight excluding hydrogens is 384 g/mol. The minimum atomic E-state index is -0.220. The van der Waals surface area contributed by atoms with Gasteiger partial charge in [0.05, 0.1) is 5.71 Å². The van der Waals surface area contributed by atoms with E-state index in [0.717, 1.165) is 40.8 Å². The zero-order valence-corrected chi connectivity index (χ0v) is 18.2. The number of carbonyl (C=O) groups excluding carboxylic acids is 1. The molecule has 5 nitrogen and oxygen atoms in total. The molecule has 2 aromatic carbocycles. The Hall–Kier alpha value is -2.24. The van der Waals surface area contributed by atoms with Gasteiger partial charge in [-0.05, 0) is 85.8 Å². The number of nitrogens with one attached hydrogen (secondary N) is 3. The van der Waals surface area contributed by atoms with Gasteiger partial charge in [-0.1, -0.05) is 42.5 Å². The van der Waals surface area contributed by atoms with Crippen LogP contribution in [-0.2, 0) is 4.79 Å². The Morgan fingerprint density at radius 3 is 2.35 bits per heavy atom. The average molecular weight is 417 g/mol. The quantitative estimate of drug-likeness (QED) is 0.519. The summed E-state index contributed by atoms with van der Waals surface area (Å²) in [5.74, 6) is 2.73. The number of carbonyl (C=O) groups is 1. The third-order valence-electron chi connectivity index (χ3n) is 8.56. The van der Waals surface area contributed by atoms with Gasteiger partial charge in [-0.2, -0.15) is 5.10 Å². The Morgan fingerprint density at radius 2 is 1.61 bits per heavy atom. The number of fused-ring (bicyclic) bond motifs is 1. The standard InChI is InChI=1S/C26H32N4O/c1-16(21-8-4-6-20-5-2-3-7-22(20)21)27-30-25(31)23-12-24(29-28-23)26-13-17-9-18(14-26)11-19(10-17)15-26/h2-8,17-19,23-24,28-29H,9-15H2,1H3,(H,30,31)/b27-16+. The largest absolute Gasteiger partial charge is 0.271 e. The lowest BCUT2D eigenvalue weighted by Gasteiger charge is -2.59. The molecule has 162 valence electrons. The van der Waals surface area contributed by atoms with E-state index >= 15 is 0 Å². The van der Waals surface area contributed by atoms with Gasteiger partial charge < -0.3 is 0 Å². The highest BCUT2D eigenvalue weighted by Gasteiger charge is 2.55. The molecule has 3 N–H and O–H groups in total. The van der Waals surface area contributed by atoms with Crippen molar-refractivity contribution in [1.82, 2.24) is 16.3 Å². The van der Waals surface area contributed by atoms with Gasteiger partial charge in [0.2, 0.25) is 0 Å². The Morgan fingerprint density at radius 1 is 0.935 bits per heavy atom. The molecule has 0 spiro atoms. The van der Waals surface area contributed by atoms with Gasteiger partial charge in [-0.3, -0.25) is 10.2 Å². The summed E-state index contributed by atoms with van der Waals surface area (Å²) in [5, 5.41) is 6.79. The molecule has 5 heteroatoms. The van der Waals surface area contributed by atoms with Crippen LogP contribution in [0.5, 0.6) is 0 Å². The van der Waals surface area contributed by atoms with Crippen LogP contribution in [0, 0.1) is 23.2 Å². The summed E-state index contributed by atoms with van der Waals surface area (Å²) in [4.78, 5) is 12.9. The number of amides is 1. The number of hydrogen-bond donors (Lipinski definition) is 3. The molecule has 4 bridgehead atoms. The van der Waals surface area contributed by atoms with Crippen molar-refractivity contribution >= 4 is 22.4 Å². The molecule has 0 radical (unpaired) electrons. The van der Waals surface area contributed by atoms with Crippen LogP contribution in [0.1, 0.15) is 57.4 Å². The van der Waals surface area contributed by atoms with Crippen LogP contribution in [0.3, 0.4) is 0 Å². The second-order valence-electron chi connectivity index (χ2n) is 10.6. The number of hydrazone groups is 1. The fourth-order valence-corrected chi connectivity index (χ4v) is 7.55. The molecule has 4 saturated carbocycles. The zero-order chi connectivity index (χ0) is 21.0. The van der Waals surface area contributed by atoms with Crippen molar-refractivity contribution in [2.24, 2.45) is 28.3 Å². The third-order valence-corrected chi connectivity index (χ3v) is 8.56. The summed E-state index contributed by atoms with van der Waals surface area (Å²) in [6, 6.07) is 14.7. The fourth-order valence-electron chi connectivity index (χ4n) is 7.55. The van der Waals surface area contributed by atoms with Gasteiger partial charge in [0.1, 0.15) is 6.04 Å². The molecule has 2 aromatic rings.